The molecule has 0 aliphatic carbocycles. The van der Waals surface area contributed by atoms with Crippen LogP contribution in [0.3, 0.4) is 0 Å². The fourth-order valence-corrected chi connectivity index (χ4v) is 5.43. The molecule has 0 atom stereocenters. The van der Waals surface area contributed by atoms with Crippen molar-refractivity contribution in [1.29, 1.82) is 0 Å². The first-order valence-corrected chi connectivity index (χ1v) is 12.8. The van der Waals surface area contributed by atoms with Crippen molar-refractivity contribution < 1.29 is 27.1 Å². The van der Waals surface area contributed by atoms with Gasteiger partial charge in [-0.25, -0.2) is 12.8 Å². The standard InChI is InChI=1S/C26H26FN3O5S/c1-18-5-8-20(16-24(18)29-15-3-4-26(29)32)28-25(31)17-30(21-9-6-19(27)7-10-21)36(33,34)23-13-11-22(35-2)12-14-23/h5-14,16H,3-4,15,17H2,1-2H3,(H,28,31). The molecule has 0 bridgehead atoms. The van der Waals surface area contributed by atoms with Crippen LogP contribution < -0.4 is 19.3 Å². The van der Waals surface area contributed by atoms with Crippen molar-refractivity contribution in [3.8, 4) is 5.75 Å². The van der Waals surface area contributed by atoms with E-state index in [4.69, 9.17) is 4.74 Å². The molecule has 10 heteroatoms. The summed E-state index contributed by atoms with van der Waals surface area (Å²) in [6, 6.07) is 15.8. The number of carbonyl (C=O) groups is 2. The first-order chi connectivity index (χ1) is 17.2. The van der Waals surface area contributed by atoms with Gasteiger partial charge in [-0.15, -0.1) is 0 Å². The molecule has 1 fully saturated rings. The lowest BCUT2D eigenvalue weighted by Gasteiger charge is -2.24. The summed E-state index contributed by atoms with van der Waals surface area (Å²) in [5.41, 5.74) is 2.16. The summed E-state index contributed by atoms with van der Waals surface area (Å²) in [6.07, 6.45) is 1.25. The molecule has 4 rings (SSSR count). The van der Waals surface area contributed by atoms with Gasteiger partial charge in [-0.2, -0.15) is 0 Å². The zero-order valence-electron chi connectivity index (χ0n) is 19.9. The molecular weight excluding hydrogens is 485 g/mol. The van der Waals surface area contributed by atoms with Gasteiger partial charge in [0.1, 0.15) is 18.1 Å². The number of benzene rings is 3. The number of aryl methyl sites for hydroxylation is 1. The van der Waals surface area contributed by atoms with E-state index in [1.807, 2.05) is 6.92 Å². The summed E-state index contributed by atoms with van der Waals surface area (Å²) < 4.78 is 46.5. The van der Waals surface area contributed by atoms with Gasteiger partial charge in [0.25, 0.3) is 10.0 Å². The maximum absolute atomic E-state index is 13.5. The van der Waals surface area contributed by atoms with Crippen LogP contribution in [-0.4, -0.2) is 40.4 Å². The highest BCUT2D eigenvalue weighted by Gasteiger charge is 2.28. The minimum absolute atomic E-state index is 0.0228. The van der Waals surface area contributed by atoms with E-state index in [-0.39, 0.29) is 16.5 Å². The minimum Gasteiger partial charge on any atom is -0.497 e. The smallest absolute Gasteiger partial charge is 0.264 e. The molecule has 0 saturated carbocycles. The van der Waals surface area contributed by atoms with Crippen LogP contribution in [0, 0.1) is 12.7 Å². The zero-order chi connectivity index (χ0) is 25.9. The lowest BCUT2D eigenvalue weighted by Crippen LogP contribution is -2.38. The topological polar surface area (TPSA) is 96.0 Å². The van der Waals surface area contributed by atoms with Crippen molar-refractivity contribution in [2.45, 2.75) is 24.7 Å². The van der Waals surface area contributed by atoms with Crippen molar-refractivity contribution >= 4 is 38.9 Å². The van der Waals surface area contributed by atoms with Gasteiger partial charge in [0.2, 0.25) is 11.8 Å². The normalized spacial score (nSPS) is 13.5. The van der Waals surface area contributed by atoms with Crippen LogP contribution in [0.4, 0.5) is 21.5 Å². The highest BCUT2D eigenvalue weighted by atomic mass is 32.2. The summed E-state index contributed by atoms with van der Waals surface area (Å²) in [5.74, 6) is -0.631. The summed E-state index contributed by atoms with van der Waals surface area (Å²) in [7, 11) is -2.71. The van der Waals surface area contributed by atoms with Gasteiger partial charge in [-0.3, -0.25) is 13.9 Å². The number of nitrogens with zero attached hydrogens (tertiary/aromatic N) is 2. The van der Waals surface area contributed by atoms with Gasteiger partial charge in [0.05, 0.1) is 17.7 Å². The molecule has 188 valence electrons. The van der Waals surface area contributed by atoms with Crippen molar-refractivity contribution in [2.24, 2.45) is 0 Å². The Morgan fingerprint density at radius 2 is 1.78 bits per heavy atom. The van der Waals surface area contributed by atoms with Gasteiger partial charge in [-0.05, 0) is 79.6 Å². The lowest BCUT2D eigenvalue weighted by molar-refractivity contribution is -0.117. The highest BCUT2D eigenvalue weighted by Crippen LogP contribution is 2.29. The molecule has 0 radical (unpaired) electrons. The molecule has 2 amide bonds. The number of nitrogens with one attached hydrogen (secondary N) is 1. The van der Waals surface area contributed by atoms with Crippen LogP contribution in [-0.2, 0) is 19.6 Å². The summed E-state index contributed by atoms with van der Waals surface area (Å²) >= 11 is 0. The van der Waals surface area contributed by atoms with Gasteiger partial charge in [-0.1, -0.05) is 6.07 Å². The van der Waals surface area contributed by atoms with E-state index >= 15 is 0 Å². The van der Waals surface area contributed by atoms with Crippen molar-refractivity contribution in [1.82, 2.24) is 0 Å². The summed E-state index contributed by atoms with van der Waals surface area (Å²) in [6.45, 7) is 1.94. The Hall–Kier alpha value is -3.92. The molecule has 3 aromatic rings. The van der Waals surface area contributed by atoms with Gasteiger partial charge in [0, 0.05) is 24.3 Å². The Balaban J connectivity index is 1.61. The largest absolute Gasteiger partial charge is 0.497 e. The predicted octanol–water partition coefficient (Wildman–Crippen LogP) is 4.10. The van der Waals surface area contributed by atoms with E-state index in [0.29, 0.717) is 30.1 Å². The average molecular weight is 512 g/mol. The van der Waals surface area contributed by atoms with E-state index in [1.165, 1.54) is 43.5 Å². The quantitative estimate of drug-likeness (QED) is 0.491. The highest BCUT2D eigenvalue weighted by molar-refractivity contribution is 7.92. The maximum Gasteiger partial charge on any atom is 0.264 e. The van der Waals surface area contributed by atoms with E-state index in [1.54, 1.807) is 23.1 Å². The fraction of sp³-hybridized carbons (Fsp3) is 0.231. The third-order valence-corrected chi connectivity index (χ3v) is 7.69. The van der Waals surface area contributed by atoms with E-state index in [2.05, 4.69) is 5.32 Å². The molecule has 1 aliphatic rings. The van der Waals surface area contributed by atoms with Crippen LogP contribution >= 0.6 is 0 Å². The van der Waals surface area contributed by atoms with Crippen LogP contribution in [0.1, 0.15) is 18.4 Å². The van der Waals surface area contributed by atoms with Gasteiger partial charge < -0.3 is 15.0 Å². The average Bonchev–Trinajstić information content (AvgIpc) is 3.30. The Bertz CT molecular complexity index is 1380. The van der Waals surface area contributed by atoms with Crippen molar-refractivity contribution in [2.75, 3.05) is 34.7 Å². The van der Waals surface area contributed by atoms with Crippen molar-refractivity contribution in [3.05, 3.63) is 78.1 Å². The number of rotatable bonds is 8. The lowest BCUT2D eigenvalue weighted by atomic mass is 10.1. The summed E-state index contributed by atoms with van der Waals surface area (Å²) in [4.78, 5) is 26.9. The third-order valence-electron chi connectivity index (χ3n) is 5.91. The number of methoxy groups -OCH3 is 1. The molecule has 36 heavy (non-hydrogen) atoms. The summed E-state index contributed by atoms with van der Waals surface area (Å²) in [5, 5.41) is 2.72. The molecule has 0 spiro atoms. The SMILES string of the molecule is COc1ccc(S(=O)(=O)N(CC(=O)Nc2ccc(C)c(N3CCCC3=O)c2)c2ccc(F)cc2)cc1. The van der Waals surface area contributed by atoms with E-state index in [0.717, 1.165) is 28.4 Å². The molecule has 8 nitrogen and oxygen atoms in total. The second-order valence-corrected chi connectivity index (χ2v) is 10.2. The number of hydrogen-bond donors (Lipinski definition) is 1. The first kappa shape index (κ1) is 25.2. The van der Waals surface area contributed by atoms with Crippen LogP contribution in [0.15, 0.2) is 71.6 Å². The number of ether oxygens (including phenoxy) is 1. The van der Waals surface area contributed by atoms with Crippen LogP contribution in [0.2, 0.25) is 0 Å². The monoisotopic (exact) mass is 511 g/mol. The third kappa shape index (κ3) is 5.33. The Labute approximate surface area is 209 Å². The molecule has 1 saturated heterocycles. The number of anilines is 3. The fourth-order valence-electron chi connectivity index (χ4n) is 4.01. The minimum atomic E-state index is -4.17. The molecule has 0 unspecified atom stereocenters. The molecule has 1 N–H and O–H groups in total. The maximum atomic E-state index is 13.5. The second-order valence-electron chi connectivity index (χ2n) is 8.36. The van der Waals surface area contributed by atoms with Crippen LogP contribution in [0.5, 0.6) is 5.75 Å². The predicted molar refractivity (Wildman–Crippen MR) is 135 cm³/mol. The number of carbonyl (C=O) groups excluding carboxylic acids is 2. The second kappa shape index (κ2) is 10.4. The Morgan fingerprint density at radius 1 is 1.08 bits per heavy atom. The van der Waals surface area contributed by atoms with E-state index < -0.39 is 28.3 Å². The first-order valence-electron chi connectivity index (χ1n) is 11.3. The van der Waals surface area contributed by atoms with Crippen LogP contribution in [0.25, 0.3) is 0 Å². The molecular formula is C26H26FN3O5S. The Morgan fingerprint density at radius 3 is 2.39 bits per heavy atom. The zero-order valence-corrected chi connectivity index (χ0v) is 20.7. The number of amides is 2. The molecule has 3 aromatic carbocycles. The number of sulfonamides is 1. The van der Waals surface area contributed by atoms with Gasteiger partial charge >= 0.3 is 0 Å². The number of halogens is 1. The molecule has 0 aromatic heterocycles. The Kier molecular flexibility index (Phi) is 7.25. The van der Waals surface area contributed by atoms with Crippen molar-refractivity contribution in [3.63, 3.8) is 0 Å². The molecule has 1 heterocycles. The van der Waals surface area contributed by atoms with Gasteiger partial charge in [0.15, 0.2) is 0 Å². The molecule has 1 aliphatic heterocycles. The number of hydrogen-bond acceptors (Lipinski definition) is 5. The van der Waals surface area contributed by atoms with E-state index in [9.17, 15) is 22.4 Å².